The van der Waals surface area contributed by atoms with E-state index in [0.717, 1.165) is 6.54 Å². The van der Waals surface area contributed by atoms with Crippen LogP contribution >= 0.6 is 11.8 Å². The highest BCUT2D eigenvalue weighted by Gasteiger charge is 2.05. The Morgan fingerprint density at radius 3 is 2.67 bits per heavy atom. The number of aliphatic hydroxyl groups is 1. The molecule has 1 atom stereocenters. The third-order valence-electron chi connectivity index (χ3n) is 2.02. The second-order valence-electron chi connectivity index (χ2n) is 3.06. The zero-order valence-electron chi connectivity index (χ0n) is 8.42. The van der Waals surface area contributed by atoms with E-state index in [-0.39, 0.29) is 6.61 Å². The van der Waals surface area contributed by atoms with Gasteiger partial charge in [-0.2, -0.15) is 11.8 Å². The molecule has 0 aliphatic heterocycles. The topological polar surface area (TPSA) is 23.5 Å². The molecule has 0 saturated heterocycles. The summed E-state index contributed by atoms with van der Waals surface area (Å²) in [5.41, 5.74) is 0. The van der Waals surface area contributed by atoms with Crippen LogP contribution in [0.5, 0.6) is 0 Å². The third-order valence-corrected chi connectivity index (χ3v) is 3.01. The van der Waals surface area contributed by atoms with Crippen LogP contribution < -0.4 is 0 Å². The van der Waals surface area contributed by atoms with Gasteiger partial charge in [-0.25, -0.2) is 0 Å². The van der Waals surface area contributed by atoms with Gasteiger partial charge in [-0.05, 0) is 38.4 Å². The predicted molar refractivity (Wildman–Crippen MR) is 56.8 cm³/mol. The monoisotopic (exact) mass is 191 g/mol. The molecule has 1 unspecified atom stereocenters. The molecule has 0 aliphatic rings. The van der Waals surface area contributed by atoms with Gasteiger partial charge in [0.15, 0.2) is 0 Å². The first-order chi connectivity index (χ1) is 5.72. The summed E-state index contributed by atoms with van der Waals surface area (Å²) < 4.78 is 0. The Kier molecular flexibility index (Phi) is 8.07. The van der Waals surface area contributed by atoms with Crippen LogP contribution in [0, 0.1) is 0 Å². The average Bonchev–Trinajstić information content (AvgIpc) is 2.10. The minimum absolute atomic E-state index is 0.261. The van der Waals surface area contributed by atoms with Crippen molar-refractivity contribution >= 4 is 11.8 Å². The number of nitrogens with zero attached hydrogens (tertiary/aromatic N) is 1. The quantitative estimate of drug-likeness (QED) is 0.616. The first kappa shape index (κ1) is 12.3. The Morgan fingerprint density at radius 1 is 1.50 bits per heavy atom. The first-order valence-electron chi connectivity index (χ1n) is 4.61. The molecular weight excluding hydrogens is 170 g/mol. The zero-order chi connectivity index (χ0) is 9.40. The van der Waals surface area contributed by atoms with E-state index in [1.807, 2.05) is 18.7 Å². The number of thioether (sulfide) groups is 1. The van der Waals surface area contributed by atoms with Gasteiger partial charge in [0.05, 0.1) is 6.61 Å². The van der Waals surface area contributed by atoms with Crippen LogP contribution in [0.2, 0.25) is 0 Å². The van der Waals surface area contributed by atoms with Crippen LogP contribution in [-0.2, 0) is 0 Å². The Labute approximate surface area is 80.3 Å². The van der Waals surface area contributed by atoms with Gasteiger partial charge in [-0.1, -0.05) is 6.92 Å². The molecule has 0 spiro atoms. The summed E-state index contributed by atoms with van der Waals surface area (Å²) in [4.78, 5) is 2.20. The molecule has 0 aromatic heterocycles. The number of aliphatic hydroxyl groups excluding tert-OH is 1. The van der Waals surface area contributed by atoms with Gasteiger partial charge < -0.3 is 10.0 Å². The summed E-state index contributed by atoms with van der Waals surface area (Å²) in [6.07, 6.45) is 1.22. The Balaban J connectivity index is 3.24. The fourth-order valence-corrected chi connectivity index (χ4v) is 1.54. The van der Waals surface area contributed by atoms with Crippen molar-refractivity contribution in [3.05, 3.63) is 0 Å². The van der Waals surface area contributed by atoms with Gasteiger partial charge in [0.1, 0.15) is 0 Å². The second kappa shape index (κ2) is 7.90. The van der Waals surface area contributed by atoms with E-state index < -0.39 is 0 Å². The summed E-state index contributed by atoms with van der Waals surface area (Å²) in [5.74, 6) is 2.44. The summed E-state index contributed by atoms with van der Waals surface area (Å²) >= 11 is 1.98. The highest BCUT2D eigenvalue weighted by atomic mass is 32.2. The minimum atomic E-state index is 0.261. The number of rotatable bonds is 7. The van der Waals surface area contributed by atoms with Crippen molar-refractivity contribution in [3.8, 4) is 0 Å². The highest BCUT2D eigenvalue weighted by molar-refractivity contribution is 7.99. The second-order valence-corrected chi connectivity index (χ2v) is 4.46. The van der Waals surface area contributed by atoms with E-state index >= 15 is 0 Å². The molecule has 0 rings (SSSR count). The van der Waals surface area contributed by atoms with E-state index in [0.29, 0.717) is 6.04 Å². The average molecular weight is 191 g/mol. The van der Waals surface area contributed by atoms with Gasteiger partial charge >= 0.3 is 0 Å². The maximum absolute atomic E-state index is 8.86. The standard InChI is InChI=1S/C9H21NOS/c1-4-12-7-5-6-10(3)9(2)8-11/h9,11H,4-8H2,1-3H3. The number of hydrogen-bond acceptors (Lipinski definition) is 3. The van der Waals surface area contributed by atoms with E-state index in [1.165, 1.54) is 17.9 Å². The van der Waals surface area contributed by atoms with Crippen LogP contribution in [0.25, 0.3) is 0 Å². The van der Waals surface area contributed by atoms with Crippen molar-refractivity contribution in [2.75, 3.05) is 31.7 Å². The Morgan fingerprint density at radius 2 is 2.17 bits per heavy atom. The lowest BCUT2D eigenvalue weighted by Gasteiger charge is -2.22. The van der Waals surface area contributed by atoms with Gasteiger partial charge in [0.25, 0.3) is 0 Å². The maximum Gasteiger partial charge on any atom is 0.0584 e. The minimum Gasteiger partial charge on any atom is -0.395 e. The van der Waals surface area contributed by atoms with E-state index in [4.69, 9.17) is 5.11 Å². The molecule has 0 amide bonds. The van der Waals surface area contributed by atoms with E-state index in [2.05, 4.69) is 18.9 Å². The van der Waals surface area contributed by atoms with Crippen molar-refractivity contribution < 1.29 is 5.11 Å². The first-order valence-corrected chi connectivity index (χ1v) is 5.76. The van der Waals surface area contributed by atoms with Crippen LogP contribution in [0.4, 0.5) is 0 Å². The molecule has 0 aromatic rings. The molecule has 0 aromatic carbocycles. The normalized spacial score (nSPS) is 13.8. The van der Waals surface area contributed by atoms with Gasteiger partial charge in [-0.15, -0.1) is 0 Å². The summed E-state index contributed by atoms with van der Waals surface area (Å²) in [6, 6.07) is 0.302. The van der Waals surface area contributed by atoms with Crippen molar-refractivity contribution in [1.29, 1.82) is 0 Å². The lowest BCUT2D eigenvalue weighted by atomic mass is 10.3. The summed E-state index contributed by atoms with van der Waals surface area (Å²) in [6.45, 7) is 5.59. The van der Waals surface area contributed by atoms with Crippen molar-refractivity contribution in [3.63, 3.8) is 0 Å². The van der Waals surface area contributed by atoms with Crippen LogP contribution in [0.3, 0.4) is 0 Å². The summed E-state index contributed by atoms with van der Waals surface area (Å²) in [7, 11) is 2.07. The largest absolute Gasteiger partial charge is 0.395 e. The molecule has 0 aliphatic carbocycles. The lowest BCUT2D eigenvalue weighted by molar-refractivity contribution is 0.159. The molecule has 3 heteroatoms. The molecule has 0 bridgehead atoms. The van der Waals surface area contributed by atoms with Gasteiger partial charge in [0, 0.05) is 6.04 Å². The molecule has 12 heavy (non-hydrogen) atoms. The van der Waals surface area contributed by atoms with Gasteiger partial charge in [-0.3, -0.25) is 0 Å². The predicted octanol–water partition coefficient (Wildman–Crippen LogP) is 1.44. The Bertz CT molecular complexity index is 101. The Hall–Kier alpha value is 0.270. The number of hydrogen-bond donors (Lipinski definition) is 1. The summed E-state index contributed by atoms with van der Waals surface area (Å²) in [5, 5.41) is 8.86. The zero-order valence-corrected chi connectivity index (χ0v) is 9.23. The van der Waals surface area contributed by atoms with Crippen molar-refractivity contribution in [2.45, 2.75) is 26.3 Å². The molecule has 0 radical (unpaired) electrons. The van der Waals surface area contributed by atoms with Crippen LogP contribution in [-0.4, -0.2) is 47.8 Å². The smallest absolute Gasteiger partial charge is 0.0584 e. The van der Waals surface area contributed by atoms with Gasteiger partial charge in [0.2, 0.25) is 0 Å². The molecule has 1 N–H and O–H groups in total. The molecule has 0 heterocycles. The highest BCUT2D eigenvalue weighted by Crippen LogP contribution is 2.03. The maximum atomic E-state index is 8.86. The number of likely N-dealkylation sites (N-methyl/N-ethyl adjacent to an activating group) is 1. The third kappa shape index (κ3) is 5.86. The van der Waals surface area contributed by atoms with Crippen LogP contribution in [0.1, 0.15) is 20.3 Å². The lowest BCUT2D eigenvalue weighted by Crippen LogP contribution is -2.32. The molecule has 74 valence electrons. The molecule has 0 saturated carbocycles. The molecular formula is C9H21NOS. The van der Waals surface area contributed by atoms with Crippen LogP contribution in [0.15, 0.2) is 0 Å². The molecule has 0 fully saturated rings. The van der Waals surface area contributed by atoms with E-state index in [9.17, 15) is 0 Å². The SMILES string of the molecule is CCSCCCN(C)C(C)CO. The van der Waals surface area contributed by atoms with Crippen molar-refractivity contribution in [2.24, 2.45) is 0 Å². The van der Waals surface area contributed by atoms with E-state index in [1.54, 1.807) is 0 Å². The molecule has 2 nitrogen and oxygen atoms in total. The fraction of sp³-hybridized carbons (Fsp3) is 1.00. The fourth-order valence-electron chi connectivity index (χ4n) is 0.920. The van der Waals surface area contributed by atoms with Crippen molar-refractivity contribution in [1.82, 2.24) is 4.90 Å².